The molecule has 2 aromatic carbocycles. The van der Waals surface area contributed by atoms with Crippen molar-refractivity contribution >= 4 is 46.1 Å². The number of carbonyl (C=O) groups is 2. The second kappa shape index (κ2) is 11.5. The number of ether oxygens (including phenoxy) is 2. The van der Waals surface area contributed by atoms with Crippen molar-refractivity contribution in [1.82, 2.24) is 10.2 Å². The van der Waals surface area contributed by atoms with E-state index < -0.39 is 12.0 Å². The summed E-state index contributed by atoms with van der Waals surface area (Å²) in [5.41, 5.74) is 3.35. The van der Waals surface area contributed by atoms with E-state index in [9.17, 15) is 9.59 Å². The molecule has 0 saturated carbocycles. The Morgan fingerprint density at radius 3 is 2.78 bits per heavy atom. The smallest absolute Gasteiger partial charge is 0.338 e. The van der Waals surface area contributed by atoms with Crippen molar-refractivity contribution in [3.8, 4) is 0 Å². The number of esters is 1. The maximum atomic E-state index is 13.5. The lowest BCUT2D eigenvalue weighted by atomic mass is 9.91. The van der Waals surface area contributed by atoms with Gasteiger partial charge in [-0.2, -0.15) is 0 Å². The normalized spacial score (nSPS) is 20.9. The summed E-state index contributed by atoms with van der Waals surface area (Å²) in [7, 11) is 0. The Morgan fingerprint density at radius 2 is 2.05 bits per heavy atom. The van der Waals surface area contributed by atoms with Crippen LogP contribution in [-0.2, 0) is 19.1 Å². The van der Waals surface area contributed by atoms with Gasteiger partial charge in [0.1, 0.15) is 0 Å². The summed E-state index contributed by atoms with van der Waals surface area (Å²) in [6.45, 7) is 3.24. The molecule has 3 aliphatic heterocycles. The molecule has 3 aliphatic rings. The number of thioether (sulfide) groups is 1. The van der Waals surface area contributed by atoms with Crippen LogP contribution in [0.3, 0.4) is 0 Å². The Hall–Kier alpha value is -3.07. The lowest BCUT2D eigenvalue weighted by Crippen LogP contribution is -2.38. The van der Waals surface area contributed by atoms with Crippen LogP contribution in [0, 0.1) is 0 Å². The Balaban J connectivity index is 1.53. The van der Waals surface area contributed by atoms with E-state index in [1.165, 1.54) is 11.8 Å². The fourth-order valence-corrected chi connectivity index (χ4v) is 5.86. The molecule has 0 aliphatic carbocycles. The number of benzene rings is 2. The van der Waals surface area contributed by atoms with E-state index in [2.05, 4.69) is 5.32 Å². The van der Waals surface area contributed by atoms with E-state index >= 15 is 0 Å². The number of aliphatic imine (C=N–C) groups is 1. The summed E-state index contributed by atoms with van der Waals surface area (Å²) in [6, 6.07) is 16.5. The Morgan fingerprint density at radius 1 is 1.22 bits per heavy atom. The van der Waals surface area contributed by atoms with Crippen molar-refractivity contribution in [3.63, 3.8) is 0 Å². The van der Waals surface area contributed by atoms with Gasteiger partial charge in [-0.1, -0.05) is 65.8 Å². The second-order valence-electron chi connectivity index (χ2n) is 8.91. The summed E-state index contributed by atoms with van der Waals surface area (Å²) in [4.78, 5) is 33.3. The monoisotopic (exact) mass is 537 g/mol. The molecule has 37 heavy (non-hydrogen) atoms. The molecular formula is C28H28ClN3O4S. The summed E-state index contributed by atoms with van der Waals surface area (Å²) in [6.07, 6.45) is 2.18. The van der Waals surface area contributed by atoms with Crippen molar-refractivity contribution in [3.05, 3.63) is 87.4 Å². The van der Waals surface area contributed by atoms with E-state index in [1.807, 2.05) is 58.8 Å². The minimum Gasteiger partial charge on any atom is -0.463 e. The Kier molecular flexibility index (Phi) is 7.98. The van der Waals surface area contributed by atoms with Gasteiger partial charge in [-0.3, -0.25) is 4.79 Å². The van der Waals surface area contributed by atoms with E-state index in [0.717, 1.165) is 36.3 Å². The lowest BCUT2D eigenvalue weighted by Gasteiger charge is -2.37. The highest BCUT2D eigenvalue weighted by Gasteiger charge is 2.42. The SMILES string of the molecule is CCOC(=O)C1=C(c2ccccc2)N=C2SC=C(CC(=O)NCC3CCCO3)N2C1c1cccc(Cl)c1. The zero-order chi connectivity index (χ0) is 25.8. The van der Waals surface area contributed by atoms with Gasteiger partial charge in [-0.25, -0.2) is 9.79 Å². The quantitative estimate of drug-likeness (QED) is 0.460. The standard InChI is InChI=1S/C28H28ClN3O4S/c1-2-35-27(34)24-25(18-8-4-3-5-9-18)31-28-32(26(24)19-10-6-11-20(29)14-19)21(17-37-28)15-23(33)30-16-22-12-7-13-36-22/h3-6,8-11,14,17,22,26H,2,7,12-13,15-16H2,1H3,(H,30,33). The van der Waals surface area contributed by atoms with Crippen LogP contribution in [0.25, 0.3) is 5.70 Å². The molecule has 2 unspecified atom stereocenters. The van der Waals surface area contributed by atoms with Crippen LogP contribution in [0.5, 0.6) is 0 Å². The number of carbonyl (C=O) groups excluding carboxylic acids is 2. The third-order valence-electron chi connectivity index (χ3n) is 6.41. The summed E-state index contributed by atoms with van der Waals surface area (Å²) < 4.78 is 11.2. The van der Waals surface area contributed by atoms with Gasteiger partial charge < -0.3 is 19.7 Å². The summed E-state index contributed by atoms with van der Waals surface area (Å²) in [5, 5.41) is 6.17. The maximum Gasteiger partial charge on any atom is 0.338 e. The third kappa shape index (κ3) is 5.61. The number of fused-ring (bicyclic) bond motifs is 1. The van der Waals surface area contributed by atoms with E-state index in [-0.39, 0.29) is 25.0 Å². The molecule has 1 fully saturated rings. The molecule has 3 heterocycles. The van der Waals surface area contributed by atoms with Gasteiger partial charge in [0.25, 0.3) is 0 Å². The molecule has 0 aromatic heterocycles. The number of nitrogens with one attached hydrogen (secondary N) is 1. The summed E-state index contributed by atoms with van der Waals surface area (Å²) in [5.74, 6) is -0.558. The summed E-state index contributed by atoms with van der Waals surface area (Å²) >= 11 is 7.83. The van der Waals surface area contributed by atoms with Crippen molar-refractivity contribution in [2.75, 3.05) is 19.8 Å². The number of hydrogen-bond acceptors (Lipinski definition) is 7. The number of halogens is 1. The number of amidine groups is 1. The predicted molar refractivity (Wildman–Crippen MR) is 146 cm³/mol. The van der Waals surface area contributed by atoms with E-state index in [4.69, 9.17) is 26.1 Å². The minimum atomic E-state index is -0.562. The molecule has 192 valence electrons. The van der Waals surface area contributed by atoms with Crippen molar-refractivity contribution in [2.45, 2.75) is 38.3 Å². The molecule has 2 aromatic rings. The van der Waals surface area contributed by atoms with Gasteiger partial charge in [0.05, 0.1) is 36.4 Å². The lowest BCUT2D eigenvalue weighted by molar-refractivity contribution is -0.139. The molecule has 0 radical (unpaired) electrons. The molecule has 0 bridgehead atoms. The van der Waals surface area contributed by atoms with Crippen molar-refractivity contribution in [1.29, 1.82) is 0 Å². The van der Waals surface area contributed by atoms with Gasteiger partial charge in [-0.15, -0.1) is 0 Å². The molecule has 1 N–H and O–H groups in total. The van der Waals surface area contributed by atoms with Gasteiger partial charge in [0, 0.05) is 29.4 Å². The van der Waals surface area contributed by atoms with Crippen LogP contribution < -0.4 is 5.32 Å². The average Bonchev–Trinajstić information content (AvgIpc) is 3.57. The fourth-order valence-electron chi connectivity index (χ4n) is 4.74. The first kappa shape index (κ1) is 25.6. The molecular weight excluding hydrogens is 510 g/mol. The highest BCUT2D eigenvalue weighted by Crippen LogP contribution is 2.47. The Bertz CT molecular complexity index is 1270. The fraction of sp³-hybridized carbons (Fsp3) is 0.321. The van der Waals surface area contributed by atoms with Gasteiger partial charge >= 0.3 is 5.97 Å². The van der Waals surface area contributed by atoms with Crippen LogP contribution >= 0.6 is 23.4 Å². The van der Waals surface area contributed by atoms with E-state index in [1.54, 1.807) is 13.0 Å². The number of hydrogen-bond donors (Lipinski definition) is 1. The predicted octanol–water partition coefficient (Wildman–Crippen LogP) is 5.30. The number of rotatable bonds is 8. The number of amides is 1. The first-order valence-electron chi connectivity index (χ1n) is 12.4. The highest BCUT2D eigenvalue weighted by atomic mass is 35.5. The first-order valence-corrected chi connectivity index (χ1v) is 13.6. The minimum absolute atomic E-state index is 0.0639. The van der Waals surface area contributed by atoms with Crippen LogP contribution in [0.4, 0.5) is 0 Å². The average molecular weight is 538 g/mol. The second-order valence-corrected chi connectivity index (χ2v) is 10.2. The molecule has 5 rings (SSSR count). The zero-order valence-electron chi connectivity index (χ0n) is 20.5. The topological polar surface area (TPSA) is 80.2 Å². The van der Waals surface area contributed by atoms with Gasteiger partial charge in [0.15, 0.2) is 5.17 Å². The molecule has 1 saturated heterocycles. The van der Waals surface area contributed by atoms with Crippen LogP contribution in [-0.4, -0.2) is 47.8 Å². The maximum absolute atomic E-state index is 13.5. The van der Waals surface area contributed by atoms with Crippen LogP contribution in [0.1, 0.15) is 43.4 Å². The molecule has 2 atom stereocenters. The highest BCUT2D eigenvalue weighted by molar-refractivity contribution is 8.16. The van der Waals surface area contributed by atoms with Crippen LogP contribution in [0.2, 0.25) is 5.02 Å². The Labute approximate surface area is 225 Å². The molecule has 0 spiro atoms. The van der Waals surface area contributed by atoms with Crippen LogP contribution in [0.15, 0.2) is 76.3 Å². The van der Waals surface area contributed by atoms with Gasteiger partial charge in [0.2, 0.25) is 5.91 Å². The van der Waals surface area contributed by atoms with Crippen molar-refractivity contribution < 1.29 is 19.1 Å². The third-order valence-corrected chi connectivity index (χ3v) is 7.53. The van der Waals surface area contributed by atoms with Gasteiger partial charge in [-0.05, 0) is 42.9 Å². The molecule has 7 nitrogen and oxygen atoms in total. The van der Waals surface area contributed by atoms with Crippen molar-refractivity contribution in [2.24, 2.45) is 4.99 Å². The molecule has 9 heteroatoms. The number of nitrogens with zero attached hydrogens (tertiary/aromatic N) is 2. The largest absolute Gasteiger partial charge is 0.463 e. The molecule has 1 amide bonds. The zero-order valence-corrected chi connectivity index (χ0v) is 22.1. The van der Waals surface area contributed by atoms with E-state index in [0.29, 0.717) is 28.0 Å². The first-order chi connectivity index (χ1) is 18.0.